The average molecular weight is 395 g/mol. The smallest absolute Gasteiger partial charge is 0.245 e. The number of anilines is 1. The molecule has 2 aliphatic rings. The largest absolute Gasteiger partial charge is 0.357 e. The topological polar surface area (TPSA) is 74.3 Å². The van der Waals surface area contributed by atoms with E-state index in [0.29, 0.717) is 0 Å². The Hall–Kier alpha value is -2.63. The number of hydrogen-bond donors (Lipinski definition) is 2. The molecule has 2 fully saturated rings. The number of piperidine rings is 1. The molecule has 2 amide bonds. The maximum absolute atomic E-state index is 13.0. The van der Waals surface area contributed by atoms with Gasteiger partial charge in [-0.1, -0.05) is 37.5 Å². The minimum absolute atomic E-state index is 0.0293. The molecule has 1 saturated heterocycles. The third-order valence-electron chi connectivity index (χ3n) is 6.50. The van der Waals surface area contributed by atoms with Crippen LogP contribution in [0, 0.1) is 5.92 Å². The second-order valence-electron chi connectivity index (χ2n) is 8.33. The van der Waals surface area contributed by atoms with Crippen molar-refractivity contribution in [2.75, 3.05) is 25.0 Å². The van der Waals surface area contributed by atoms with Crippen molar-refractivity contribution in [2.45, 2.75) is 50.5 Å². The summed E-state index contributed by atoms with van der Waals surface area (Å²) in [4.78, 5) is 32.5. The SMILES string of the molecule is CNC(=O)C1(NC(=O)C2CCN(c3ccc4ccccc4n3)CC2)CCCCC1. The van der Waals surface area contributed by atoms with E-state index in [0.717, 1.165) is 74.8 Å². The van der Waals surface area contributed by atoms with Gasteiger partial charge in [0.25, 0.3) is 0 Å². The van der Waals surface area contributed by atoms with E-state index in [1.807, 2.05) is 18.2 Å². The van der Waals surface area contributed by atoms with Crippen molar-refractivity contribution in [3.8, 4) is 0 Å². The number of rotatable bonds is 4. The fourth-order valence-electron chi connectivity index (χ4n) is 4.74. The molecule has 6 heteroatoms. The van der Waals surface area contributed by atoms with Crippen LogP contribution in [0.3, 0.4) is 0 Å². The Morgan fingerprint density at radius 2 is 1.76 bits per heavy atom. The Morgan fingerprint density at radius 1 is 1.03 bits per heavy atom. The molecule has 0 atom stereocenters. The van der Waals surface area contributed by atoms with Crippen molar-refractivity contribution >= 4 is 28.5 Å². The first-order valence-electron chi connectivity index (χ1n) is 10.8. The van der Waals surface area contributed by atoms with Crippen molar-refractivity contribution in [2.24, 2.45) is 5.92 Å². The minimum Gasteiger partial charge on any atom is -0.357 e. The highest BCUT2D eigenvalue weighted by Crippen LogP contribution is 2.30. The van der Waals surface area contributed by atoms with Crippen LogP contribution in [0.2, 0.25) is 0 Å². The van der Waals surface area contributed by atoms with Crippen LogP contribution in [0.4, 0.5) is 5.82 Å². The first kappa shape index (κ1) is 19.7. The van der Waals surface area contributed by atoms with Crippen molar-refractivity contribution in [1.82, 2.24) is 15.6 Å². The van der Waals surface area contributed by atoms with Crippen LogP contribution in [0.1, 0.15) is 44.9 Å². The number of carbonyl (C=O) groups is 2. The summed E-state index contributed by atoms with van der Waals surface area (Å²) in [5.41, 5.74) is 0.274. The number of carbonyl (C=O) groups excluding carboxylic acids is 2. The summed E-state index contributed by atoms with van der Waals surface area (Å²) in [7, 11) is 1.65. The van der Waals surface area contributed by atoms with Crippen LogP contribution in [0.5, 0.6) is 0 Å². The van der Waals surface area contributed by atoms with Gasteiger partial charge in [0.05, 0.1) is 5.52 Å². The Kier molecular flexibility index (Phi) is 5.69. The molecular formula is C23H30N4O2. The van der Waals surface area contributed by atoms with E-state index in [2.05, 4.69) is 33.7 Å². The summed E-state index contributed by atoms with van der Waals surface area (Å²) in [6.07, 6.45) is 6.14. The monoisotopic (exact) mass is 394 g/mol. The number of nitrogens with zero attached hydrogens (tertiary/aromatic N) is 2. The molecule has 1 aromatic heterocycles. The predicted octanol–water partition coefficient (Wildman–Crippen LogP) is 3.02. The van der Waals surface area contributed by atoms with Gasteiger partial charge in [-0.05, 0) is 43.9 Å². The Labute approximate surface area is 172 Å². The third-order valence-corrected chi connectivity index (χ3v) is 6.50. The molecule has 6 nitrogen and oxygen atoms in total. The molecule has 1 saturated carbocycles. The number of nitrogens with one attached hydrogen (secondary N) is 2. The molecule has 0 unspecified atom stereocenters. The van der Waals surface area contributed by atoms with Gasteiger partial charge in [0.1, 0.15) is 11.4 Å². The van der Waals surface area contributed by atoms with Crippen LogP contribution >= 0.6 is 0 Å². The van der Waals surface area contributed by atoms with Crippen LogP contribution < -0.4 is 15.5 Å². The highest BCUT2D eigenvalue weighted by atomic mass is 16.2. The van der Waals surface area contributed by atoms with Gasteiger partial charge in [-0.25, -0.2) is 4.98 Å². The lowest BCUT2D eigenvalue weighted by Crippen LogP contribution is -2.60. The second-order valence-corrected chi connectivity index (χ2v) is 8.33. The Morgan fingerprint density at radius 3 is 2.48 bits per heavy atom. The molecule has 2 aromatic rings. The van der Waals surface area contributed by atoms with E-state index in [1.54, 1.807) is 7.05 Å². The standard InChI is InChI=1S/C23H30N4O2/c1-24-22(29)23(13-5-2-6-14-23)26-21(28)18-11-15-27(16-12-18)20-10-9-17-7-3-4-8-19(17)25-20/h3-4,7-10,18H,2,5-6,11-16H2,1H3,(H,24,29)(H,26,28). The molecule has 0 radical (unpaired) electrons. The van der Waals surface area contributed by atoms with Gasteiger partial charge < -0.3 is 15.5 Å². The van der Waals surface area contributed by atoms with Crippen LogP contribution in [0.15, 0.2) is 36.4 Å². The first-order valence-corrected chi connectivity index (χ1v) is 10.8. The molecular weight excluding hydrogens is 364 g/mol. The zero-order valence-corrected chi connectivity index (χ0v) is 17.1. The van der Waals surface area contributed by atoms with Crippen LogP contribution in [-0.4, -0.2) is 42.5 Å². The summed E-state index contributed by atoms with van der Waals surface area (Å²) in [5, 5.41) is 7.04. The normalized spacial score (nSPS) is 19.7. The molecule has 1 aromatic carbocycles. The van der Waals surface area contributed by atoms with Crippen molar-refractivity contribution < 1.29 is 9.59 Å². The number of hydrogen-bond acceptors (Lipinski definition) is 4. The summed E-state index contributed by atoms with van der Waals surface area (Å²) >= 11 is 0. The average Bonchev–Trinajstić information content (AvgIpc) is 2.79. The number of likely N-dealkylation sites (N-methyl/N-ethyl adjacent to an activating group) is 1. The van der Waals surface area contributed by atoms with Gasteiger partial charge in [-0.2, -0.15) is 0 Å². The highest BCUT2D eigenvalue weighted by Gasteiger charge is 2.41. The van der Waals surface area contributed by atoms with E-state index < -0.39 is 5.54 Å². The second kappa shape index (κ2) is 8.39. The van der Waals surface area contributed by atoms with Crippen molar-refractivity contribution in [3.63, 3.8) is 0 Å². The van der Waals surface area contributed by atoms with Crippen LogP contribution in [0.25, 0.3) is 10.9 Å². The van der Waals surface area contributed by atoms with Gasteiger partial charge in [0.2, 0.25) is 11.8 Å². The van der Waals surface area contributed by atoms with Gasteiger partial charge >= 0.3 is 0 Å². The number of amides is 2. The zero-order chi connectivity index (χ0) is 20.3. The number of pyridine rings is 1. The number of benzene rings is 1. The van der Waals surface area contributed by atoms with E-state index in [9.17, 15) is 9.59 Å². The van der Waals surface area contributed by atoms with Crippen molar-refractivity contribution in [3.05, 3.63) is 36.4 Å². The molecule has 2 heterocycles. The lowest BCUT2D eigenvalue weighted by atomic mass is 9.80. The molecule has 4 rings (SSSR count). The summed E-state index contributed by atoms with van der Waals surface area (Å²) in [6.45, 7) is 1.60. The lowest BCUT2D eigenvalue weighted by Gasteiger charge is -2.39. The molecule has 0 bridgehead atoms. The summed E-state index contributed by atoms with van der Waals surface area (Å²) in [5.74, 6) is 0.900. The lowest BCUT2D eigenvalue weighted by molar-refractivity contribution is -0.136. The predicted molar refractivity (Wildman–Crippen MR) is 115 cm³/mol. The minimum atomic E-state index is -0.721. The fraction of sp³-hybridized carbons (Fsp3) is 0.522. The molecule has 0 spiro atoms. The van der Waals surface area contributed by atoms with Gasteiger partial charge in [-0.15, -0.1) is 0 Å². The quantitative estimate of drug-likeness (QED) is 0.836. The molecule has 154 valence electrons. The van der Waals surface area contributed by atoms with Crippen LogP contribution in [-0.2, 0) is 9.59 Å². The maximum atomic E-state index is 13.0. The Bertz CT molecular complexity index is 883. The third kappa shape index (κ3) is 4.07. The number of fused-ring (bicyclic) bond motifs is 1. The van der Waals surface area contributed by atoms with E-state index in [4.69, 9.17) is 4.98 Å². The Balaban J connectivity index is 1.39. The molecule has 1 aliphatic heterocycles. The van der Waals surface area contributed by atoms with Gasteiger partial charge in [-0.3, -0.25) is 9.59 Å². The van der Waals surface area contributed by atoms with Crippen molar-refractivity contribution in [1.29, 1.82) is 0 Å². The van der Waals surface area contributed by atoms with E-state index in [1.165, 1.54) is 0 Å². The summed E-state index contributed by atoms with van der Waals surface area (Å²) < 4.78 is 0. The zero-order valence-electron chi connectivity index (χ0n) is 17.1. The maximum Gasteiger partial charge on any atom is 0.245 e. The number of aromatic nitrogens is 1. The highest BCUT2D eigenvalue weighted by molar-refractivity contribution is 5.92. The molecule has 1 aliphatic carbocycles. The van der Waals surface area contributed by atoms with Gasteiger partial charge in [0.15, 0.2) is 0 Å². The molecule has 2 N–H and O–H groups in total. The molecule has 29 heavy (non-hydrogen) atoms. The summed E-state index contributed by atoms with van der Waals surface area (Å²) in [6, 6.07) is 12.3. The number of para-hydroxylation sites is 1. The van der Waals surface area contributed by atoms with E-state index in [-0.39, 0.29) is 17.7 Å². The first-order chi connectivity index (χ1) is 14.1. The van der Waals surface area contributed by atoms with Gasteiger partial charge in [0, 0.05) is 31.4 Å². The fourth-order valence-corrected chi connectivity index (χ4v) is 4.74. The van der Waals surface area contributed by atoms with E-state index >= 15 is 0 Å².